The third kappa shape index (κ3) is 2.20. The van der Waals surface area contributed by atoms with Crippen LogP contribution in [0.5, 0.6) is 5.75 Å². The molecular formula is C14H12BrNO. The normalized spacial score (nSPS) is 18.3. The zero-order valence-corrected chi connectivity index (χ0v) is 10.9. The maximum Gasteiger partial charge on any atom is 0.141 e. The van der Waals surface area contributed by atoms with Gasteiger partial charge in [-0.25, -0.2) is 0 Å². The molecule has 0 spiro atoms. The molecule has 2 nitrogen and oxygen atoms in total. The first-order chi connectivity index (χ1) is 8.33. The van der Waals surface area contributed by atoms with Gasteiger partial charge in [-0.2, -0.15) is 0 Å². The van der Waals surface area contributed by atoms with Gasteiger partial charge in [-0.05, 0) is 42.7 Å². The molecule has 0 N–H and O–H groups in total. The highest BCUT2D eigenvalue weighted by atomic mass is 79.9. The number of ether oxygens (including phenoxy) is 1. The van der Waals surface area contributed by atoms with Crippen LogP contribution in [0.2, 0.25) is 0 Å². The molecule has 17 heavy (non-hydrogen) atoms. The zero-order valence-electron chi connectivity index (χ0n) is 9.27. The van der Waals surface area contributed by atoms with Crippen LogP contribution >= 0.6 is 15.9 Å². The van der Waals surface area contributed by atoms with E-state index in [1.54, 1.807) is 0 Å². The summed E-state index contributed by atoms with van der Waals surface area (Å²) >= 11 is 3.47. The van der Waals surface area contributed by atoms with Crippen molar-refractivity contribution in [1.29, 1.82) is 0 Å². The van der Waals surface area contributed by atoms with Crippen molar-refractivity contribution >= 4 is 15.9 Å². The molecule has 0 saturated heterocycles. The van der Waals surface area contributed by atoms with Gasteiger partial charge in [0.2, 0.25) is 0 Å². The maximum absolute atomic E-state index is 6.01. The summed E-state index contributed by atoms with van der Waals surface area (Å²) in [4.78, 5) is 4.36. The Bertz CT molecular complexity index is 527. The van der Waals surface area contributed by atoms with E-state index in [4.69, 9.17) is 4.74 Å². The Morgan fingerprint density at radius 3 is 3.00 bits per heavy atom. The van der Waals surface area contributed by atoms with Crippen LogP contribution < -0.4 is 4.74 Å². The van der Waals surface area contributed by atoms with Gasteiger partial charge in [-0.3, -0.25) is 4.98 Å². The Morgan fingerprint density at radius 2 is 2.18 bits per heavy atom. The first-order valence-electron chi connectivity index (χ1n) is 5.69. The minimum atomic E-state index is 0.0815. The first-order valence-corrected chi connectivity index (χ1v) is 6.48. The highest BCUT2D eigenvalue weighted by Crippen LogP contribution is 2.35. The molecule has 0 radical (unpaired) electrons. The van der Waals surface area contributed by atoms with Gasteiger partial charge < -0.3 is 4.74 Å². The lowest BCUT2D eigenvalue weighted by atomic mass is 10.0. The molecule has 2 heterocycles. The van der Waals surface area contributed by atoms with Crippen molar-refractivity contribution < 1.29 is 4.74 Å². The second kappa shape index (κ2) is 4.49. The fourth-order valence-electron chi connectivity index (χ4n) is 2.12. The largest absolute Gasteiger partial charge is 0.484 e. The number of aryl methyl sites for hydroxylation is 1. The predicted molar refractivity (Wildman–Crippen MR) is 70.1 cm³/mol. The van der Waals surface area contributed by atoms with Crippen molar-refractivity contribution in [2.75, 3.05) is 0 Å². The van der Waals surface area contributed by atoms with E-state index < -0.39 is 0 Å². The van der Waals surface area contributed by atoms with Crippen LogP contribution in [-0.4, -0.2) is 4.98 Å². The van der Waals surface area contributed by atoms with Gasteiger partial charge in [0.25, 0.3) is 0 Å². The number of aromatic nitrogens is 1. The summed E-state index contributed by atoms with van der Waals surface area (Å²) in [5.41, 5.74) is 2.29. The van der Waals surface area contributed by atoms with Crippen molar-refractivity contribution in [3.05, 3.63) is 58.3 Å². The minimum Gasteiger partial charge on any atom is -0.484 e. The SMILES string of the molecule is Brc1ccc2c(c1)O[C@@H](c1ccccn1)CC2. The first kappa shape index (κ1) is 10.8. The molecule has 0 bridgehead atoms. The van der Waals surface area contributed by atoms with Crippen LogP contribution in [-0.2, 0) is 6.42 Å². The number of pyridine rings is 1. The smallest absolute Gasteiger partial charge is 0.141 e. The molecule has 0 fully saturated rings. The Hall–Kier alpha value is -1.35. The molecule has 1 aromatic heterocycles. The van der Waals surface area contributed by atoms with Gasteiger partial charge in [0.05, 0.1) is 5.69 Å². The standard InChI is InChI=1S/C14H12BrNO/c15-11-6-4-10-5-7-13(17-14(10)9-11)12-3-1-2-8-16-12/h1-4,6,8-9,13H,5,7H2/t13-/m1/s1. The van der Waals surface area contributed by atoms with E-state index in [0.29, 0.717) is 0 Å². The number of nitrogens with zero attached hydrogens (tertiary/aromatic N) is 1. The molecule has 3 heteroatoms. The van der Waals surface area contributed by atoms with Gasteiger partial charge >= 0.3 is 0 Å². The molecule has 1 aliphatic rings. The summed E-state index contributed by atoms with van der Waals surface area (Å²) in [6, 6.07) is 12.2. The minimum absolute atomic E-state index is 0.0815. The maximum atomic E-state index is 6.01. The highest BCUT2D eigenvalue weighted by Gasteiger charge is 2.21. The van der Waals surface area contributed by atoms with Crippen LogP contribution in [0.15, 0.2) is 47.1 Å². The number of benzene rings is 1. The Morgan fingerprint density at radius 1 is 1.24 bits per heavy atom. The van der Waals surface area contributed by atoms with E-state index in [0.717, 1.165) is 28.8 Å². The third-order valence-electron chi connectivity index (χ3n) is 2.99. The molecule has 86 valence electrons. The quantitative estimate of drug-likeness (QED) is 0.794. The van der Waals surface area contributed by atoms with E-state index >= 15 is 0 Å². The third-order valence-corrected chi connectivity index (χ3v) is 3.49. The van der Waals surface area contributed by atoms with E-state index in [2.05, 4.69) is 33.0 Å². The van der Waals surface area contributed by atoms with Crippen LogP contribution in [0.25, 0.3) is 0 Å². The van der Waals surface area contributed by atoms with Gasteiger partial charge in [0.15, 0.2) is 0 Å². The van der Waals surface area contributed by atoms with Crippen molar-refractivity contribution in [2.24, 2.45) is 0 Å². The lowest BCUT2D eigenvalue weighted by Gasteiger charge is -2.25. The van der Waals surface area contributed by atoms with Crippen molar-refractivity contribution in [3.63, 3.8) is 0 Å². The van der Waals surface area contributed by atoms with Crippen molar-refractivity contribution in [3.8, 4) is 5.75 Å². The van der Waals surface area contributed by atoms with E-state index in [-0.39, 0.29) is 6.10 Å². The lowest BCUT2D eigenvalue weighted by molar-refractivity contribution is 0.172. The topological polar surface area (TPSA) is 22.1 Å². The van der Waals surface area contributed by atoms with Crippen LogP contribution in [0.1, 0.15) is 23.8 Å². The Kier molecular flexibility index (Phi) is 2.85. The summed E-state index contributed by atoms with van der Waals surface area (Å²) in [7, 11) is 0. The van der Waals surface area contributed by atoms with Crippen LogP contribution in [0.4, 0.5) is 0 Å². The average molecular weight is 290 g/mol. The molecule has 1 aromatic carbocycles. The molecule has 0 unspecified atom stereocenters. The second-order valence-corrected chi connectivity index (χ2v) is 5.07. The van der Waals surface area contributed by atoms with Crippen molar-refractivity contribution in [2.45, 2.75) is 18.9 Å². The fraction of sp³-hybridized carbons (Fsp3) is 0.214. The molecule has 1 aliphatic heterocycles. The van der Waals surface area contributed by atoms with Gasteiger partial charge in [-0.15, -0.1) is 0 Å². The monoisotopic (exact) mass is 289 g/mol. The van der Waals surface area contributed by atoms with E-state index in [1.165, 1.54) is 5.56 Å². The number of hydrogen-bond donors (Lipinski definition) is 0. The van der Waals surface area contributed by atoms with E-state index in [1.807, 2.05) is 30.5 Å². The average Bonchev–Trinajstić information content (AvgIpc) is 2.39. The summed E-state index contributed by atoms with van der Waals surface area (Å²) in [6.07, 6.45) is 3.93. The molecule has 2 aromatic rings. The lowest BCUT2D eigenvalue weighted by Crippen LogP contribution is -2.16. The van der Waals surface area contributed by atoms with Gasteiger partial charge in [0.1, 0.15) is 11.9 Å². The highest BCUT2D eigenvalue weighted by molar-refractivity contribution is 9.10. The van der Waals surface area contributed by atoms with Crippen LogP contribution in [0, 0.1) is 0 Å². The number of fused-ring (bicyclic) bond motifs is 1. The molecule has 0 amide bonds. The van der Waals surface area contributed by atoms with E-state index in [9.17, 15) is 0 Å². The summed E-state index contributed by atoms with van der Waals surface area (Å²) in [5.74, 6) is 0.973. The summed E-state index contributed by atoms with van der Waals surface area (Å²) in [5, 5.41) is 0. The summed E-state index contributed by atoms with van der Waals surface area (Å²) in [6.45, 7) is 0. The number of rotatable bonds is 1. The van der Waals surface area contributed by atoms with Gasteiger partial charge in [0, 0.05) is 10.7 Å². The molecule has 0 aliphatic carbocycles. The summed E-state index contributed by atoms with van der Waals surface area (Å²) < 4.78 is 7.06. The molecule has 3 rings (SSSR count). The predicted octanol–water partition coefficient (Wildman–Crippen LogP) is 3.91. The zero-order chi connectivity index (χ0) is 11.7. The number of hydrogen-bond acceptors (Lipinski definition) is 2. The number of halogens is 1. The van der Waals surface area contributed by atoms with Gasteiger partial charge in [-0.1, -0.05) is 28.1 Å². The Labute approximate surface area is 109 Å². The fourth-order valence-corrected chi connectivity index (χ4v) is 2.46. The molecule has 1 atom stereocenters. The van der Waals surface area contributed by atoms with Crippen molar-refractivity contribution in [1.82, 2.24) is 4.98 Å². The second-order valence-electron chi connectivity index (χ2n) is 4.15. The molecular weight excluding hydrogens is 278 g/mol. The Balaban J connectivity index is 1.90. The van der Waals surface area contributed by atoms with Crippen LogP contribution in [0.3, 0.4) is 0 Å². The molecule has 0 saturated carbocycles.